The lowest BCUT2D eigenvalue weighted by Crippen LogP contribution is -2.58. The number of nitrogens with two attached hydrogens (primary N) is 2. The van der Waals surface area contributed by atoms with Crippen LogP contribution in [0.3, 0.4) is 0 Å². The summed E-state index contributed by atoms with van der Waals surface area (Å²) in [5.74, 6) is -3.26. The van der Waals surface area contributed by atoms with Gasteiger partial charge in [-0.15, -0.1) is 0 Å². The Hall–Kier alpha value is -3.02. The van der Waals surface area contributed by atoms with Crippen LogP contribution in [0.1, 0.15) is 45.1 Å². The molecule has 0 bridgehead atoms. The maximum atomic E-state index is 12.9. The van der Waals surface area contributed by atoms with Gasteiger partial charge in [-0.25, -0.2) is 4.79 Å². The molecule has 1 aromatic rings. The molecule has 0 aromatic heterocycles. The highest BCUT2D eigenvalue weighted by Gasteiger charge is 2.30. The molecule has 9 N–H and O–H groups in total. The van der Waals surface area contributed by atoms with Crippen LogP contribution in [-0.4, -0.2) is 71.2 Å². The van der Waals surface area contributed by atoms with Crippen LogP contribution in [0.15, 0.2) is 30.3 Å². The van der Waals surface area contributed by atoms with Crippen molar-refractivity contribution in [1.29, 1.82) is 0 Å². The number of aliphatic carboxylic acids is 1. The van der Waals surface area contributed by atoms with Gasteiger partial charge in [-0.1, -0.05) is 50.6 Å². The molecule has 3 amide bonds. The lowest BCUT2D eigenvalue weighted by atomic mass is 10.0. The number of nitrogens with one attached hydrogen (secondary N) is 3. The van der Waals surface area contributed by atoms with Crippen LogP contribution in [0.2, 0.25) is 0 Å². The van der Waals surface area contributed by atoms with Crippen LogP contribution in [0.25, 0.3) is 0 Å². The van der Waals surface area contributed by atoms with Gasteiger partial charge >= 0.3 is 5.97 Å². The van der Waals surface area contributed by atoms with Crippen molar-refractivity contribution in [2.24, 2.45) is 17.4 Å². The molecule has 0 heterocycles. The quantitative estimate of drug-likeness (QED) is 0.146. The van der Waals surface area contributed by atoms with E-state index in [1.165, 1.54) is 0 Å². The van der Waals surface area contributed by atoms with Crippen LogP contribution in [0, 0.1) is 5.92 Å². The molecule has 0 saturated carbocycles. The van der Waals surface area contributed by atoms with Gasteiger partial charge in [-0.3, -0.25) is 14.4 Å². The summed E-state index contributed by atoms with van der Waals surface area (Å²) in [6.45, 7) is 3.46. The van der Waals surface area contributed by atoms with Crippen molar-refractivity contribution in [3.63, 3.8) is 0 Å². The molecule has 0 saturated heterocycles. The lowest BCUT2D eigenvalue weighted by molar-refractivity contribution is -0.142. The largest absolute Gasteiger partial charge is 0.480 e. The number of hydrogen-bond donors (Lipinski definition) is 7. The standard InChI is InChI=1S/C24H39N5O6/c1-15(2)12-18(22(32)28-19(24(34)35)13-16-8-4-3-5-9-16)27-23(33)20(14-30)29-21(31)17(26)10-6-7-11-25/h3-5,8-9,15,17-20,30H,6-7,10-14,25-26H2,1-2H3,(H,27,33)(H,28,32)(H,29,31)(H,34,35). The molecule has 196 valence electrons. The lowest BCUT2D eigenvalue weighted by Gasteiger charge is -2.25. The molecule has 0 spiro atoms. The number of aliphatic hydroxyl groups excluding tert-OH is 1. The third-order valence-corrected chi connectivity index (χ3v) is 5.36. The summed E-state index contributed by atoms with van der Waals surface area (Å²) in [5, 5.41) is 26.6. The number of amides is 3. The fourth-order valence-corrected chi connectivity index (χ4v) is 3.41. The molecule has 0 fully saturated rings. The Morgan fingerprint density at radius 3 is 2.00 bits per heavy atom. The van der Waals surface area contributed by atoms with E-state index >= 15 is 0 Å². The van der Waals surface area contributed by atoms with Crippen molar-refractivity contribution < 1.29 is 29.4 Å². The number of hydrogen-bond acceptors (Lipinski definition) is 7. The van der Waals surface area contributed by atoms with Gasteiger partial charge in [0.2, 0.25) is 17.7 Å². The van der Waals surface area contributed by atoms with Crippen molar-refractivity contribution in [3.05, 3.63) is 35.9 Å². The minimum absolute atomic E-state index is 0.0124. The molecular weight excluding hydrogens is 454 g/mol. The molecule has 1 aromatic carbocycles. The zero-order valence-corrected chi connectivity index (χ0v) is 20.4. The first-order valence-corrected chi connectivity index (χ1v) is 11.8. The number of carbonyl (C=O) groups is 4. The molecule has 0 aliphatic heterocycles. The van der Waals surface area contributed by atoms with Crippen LogP contribution in [-0.2, 0) is 25.6 Å². The van der Waals surface area contributed by atoms with Crippen LogP contribution < -0.4 is 27.4 Å². The molecule has 11 nitrogen and oxygen atoms in total. The highest BCUT2D eigenvalue weighted by molar-refractivity contribution is 5.94. The maximum Gasteiger partial charge on any atom is 0.326 e. The molecule has 11 heteroatoms. The summed E-state index contributed by atoms with van der Waals surface area (Å²) in [6.07, 6.45) is 2.02. The number of unbranched alkanes of at least 4 members (excludes halogenated alkanes) is 1. The Morgan fingerprint density at radius 1 is 0.886 bits per heavy atom. The minimum Gasteiger partial charge on any atom is -0.480 e. The first kappa shape index (κ1) is 30.0. The molecule has 0 radical (unpaired) electrons. The Bertz CT molecular complexity index is 820. The zero-order valence-electron chi connectivity index (χ0n) is 20.4. The van der Waals surface area contributed by atoms with Gasteiger partial charge in [0.1, 0.15) is 18.1 Å². The van der Waals surface area contributed by atoms with E-state index in [0.717, 1.165) is 5.56 Å². The molecular formula is C24H39N5O6. The minimum atomic E-state index is -1.31. The summed E-state index contributed by atoms with van der Waals surface area (Å²) >= 11 is 0. The van der Waals surface area contributed by atoms with Gasteiger partial charge in [-0.05, 0) is 37.3 Å². The fraction of sp³-hybridized carbons (Fsp3) is 0.583. The summed E-state index contributed by atoms with van der Waals surface area (Å²) in [7, 11) is 0. The predicted molar refractivity (Wildman–Crippen MR) is 131 cm³/mol. The van der Waals surface area contributed by atoms with Gasteiger partial charge in [-0.2, -0.15) is 0 Å². The third-order valence-electron chi connectivity index (χ3n) is 5.36. The second kappa shape index (κ2) is 15.8. The van der Waals surface area contributed by atoms with Crippen LogP contribution in [0.4, 0.5) is 0 Å². The Balaban J connectivity index is 2.84. The van der Waals surface area contributed by atoms with E-state index < -0.39 is 54.5 Å². The van der Waals surface area contributed by atoms with Gasteiger partial charge < -0.3 is 37.6 Å². The molecule has 35 heavy (non-hydrogen) atoms. The summed E-state index contributed by atoms with van der Waals surface area (Å²) in [4.78, 5) is 49.7. The van der Waals surface area contributed by atoms with Crippen LogP contribution in [0.5, 0.6) is 0 Å². The third kappa shape index (κ3) is 11.3. The second-order valence-electron chi connectivity index (χ2n) is 8.91. The molecule has 4 atom stereocenters. The van der Waals surface area contributed by atoms with E-state index in [-0.39, 0.29) is 18.8 Å². The highest BCUT2D eigenvalue weighted by atomic mass is 16.4. The summed E-state index contributed by atoms with van der Waals surface area (Å²) < 4.78 is 0. The maximum absolute atomic E-state index is 12.9. The van der Waals surface area contributed by atoms with E-state index in [1.54, 1.807) is 30.3 Å². The molecule has 0 aliphatic carbocycles. The number of carboxylic acid groups (broad SMARTS) is 1. The number of carbonyl (C=O) groups excluding carboxylic acids is 3. The van der Waals surface area contributed by atoms with E-state index in [1.807, 2.05) is 13.8 Å². The molecule has 0 aliphatic rings. The average Bonchev–Trinajstić information content (AvgIpc) is 2.81. The van der Waals surface area contributed by atoms with Crippen molar-refractivity contribution in [2.45, 2.75) is 70.1 Å². The first-order chi connectivity index (χ1) is 16.6. The van der Waals surface area contributed by atoms with Gasteiger partial charge in [0.25, 0.3) is 0 Å². The second-order valence-corrected chi connectivity index (χ2v) is 8.91. The average molecular weight is 494 g/mol. The zero-order chi connectivity index (χ0) is 26.4. The molecule has 1 rings (SSSR count). The SMILES string of the molecule is CC(C)CC(NC(=O)C(CO)NC(=O)C(N)CCCCN)C(=O)NC(Cc1ccccc1)C(=O)O. The fourth-order valence-electron chi connectivity index (χ4n) is 3.41. The number of aliphatic hydroxyl groups is 1. The van der Waals surface area contributed by atoms with Crippen molar-refractivity contribution >= 4 is 23.7 Å². The van der Waals surface area contributed by atoms with E-state index in [4.69, 9.17) is 11.5 Å². The van der Waals surface area contributed by atoms with Gasteiger partial charge in [0, 0.05) is 6.42 Å². The van der Waals surface area contributed by atoms with Gasteiger partial charge in [0.05, 0.1) is 12.6 Å². The summed E-state index contributed by atoms with van der Waals surface area (Å²) in [5.41, 5.74) is 12.0. The van der Waals surface area contributed by atoms with E-state index in [0.29, 0.717) is 25.8 Å². The number of carboxylic acids is 1. The smallest absolute Gasteiger partial charge is 0.326 e. The monoisotopic (exact) mass is 493 g/mol. The number of benzene rings is 1. The normalized spacial score (nSPS) is 14.5. The Kier molecular flexibility index (Phi) is 13.5. The van der Waals surface area contributed by atoms with Crippen molar-refractivity contribution in [2.75, 3.05) is 13.2 Å². The number of rotatable bonds is 16. The Labute approximate surface area is 206 Å². The first-order valence-electron chi connectivity index (χ1n) is 11.8. The summed E-state index contributed by atoms with van der Waals surface area (Å²) in [6, 6.07) is 4.40. The predicted octanol–water partition coefficient (Wildman–Crippen LogP) is -0.737. The topological polar surface area (TPSA) is 197 Å². The van der Waals surface area contributed by atoms with E-state index in [2.05, 4.69) is 16.0 Å². The van der Waals surface area contributed by atoms with Crippen LogP contribution >= 0.6 is 0 Å². The van der Waals surface area contributed by atoms with Gasteiger partial charge in [0.15, 0.2) is 0 Å². The van der Waals surface area contributed by atoms with Crippen molar-refractivity contribution in [3.8, 4) is 0 Å². The van der Waals surface area contributed by atoms with Crippen molar-refractivity contribution in [1.82, 2.24) is 16.0 Å². The molecule has 4 unspecified atom stereocenters. The highest BCUT2D eigenvalue weighted by Crippen LogP contribution is 2.08. The van der Waals surface area contributed by atoms with E-state index in [9.17, 15) is 29.4 Å². The Morgan fingerprint density at radius 2 is 1.46 bits per heavy atom.